The highest BCUT2D eigenvalue weighted by Crippen LogP contribution is 2.24. The first-order valence-corrected chi connectivity index (χ1v) is 6.50. The number of thioether (sulfide) groups is 1. The number of nitrogens with zero attached hydrogens (tertiary/aromatic N) is 2. The zero-order chi connectivity index (χ0) is 12.3. The summed E-state index contributed by atoms with van der Waals surface area (Å²) >= 11 is 1.78. The molecule has 1 heterocycles. The summed E-state index contributed by atoms with van der Waals surface area (Å²) in [5.41, 5.74) is 7.30. The molecule has 1 aromatic heterocycles. The molecule has 0 aliphatic rings. The molecule has 2 N–H and O–H groups in total. The Morgan fingerprint density at radius 1 is 1.35 bits per heavy atom. The number of rotatable bonds is 4. The van der Waals surface area contributed by atoms with Crippen LogP contribution in [0.25, 0.3) is 11.5 Å². The lowest BCUT2D eigenvalue weighted by atomic mass is 10.2. The van der Waals surface area contributed by atoms with Crippen LogP contribution in [-0.2, 0) is 5.75 Å². The first kappa shape index (κ1) is 12.0. The number of nitrogens with two attached hydrogens (primary N) is 1. The number of hydrogen-bond acceptors (Lipinski definition) is 5. The maximum absolute atomic E-state index is 5.85. The van der Waals surface area contributed by atoms with Crippen molar-refractivity contribution >= 4 is 17.4 Å². The largest absolute Gasteiger partial charge is 0.398 e. The minimum absolute atomic E-state index is 0.488. The van der Waals surface area contributed by atoms with Crippen LogP contribution in [0.2, 0.25) is 0 Å². The lowest BCUT2D eigenvalue weighted by molar-refractivity contribution is 0.425. The van der Waals surface area contributed by atoms with Crippen molar-refractivity contribution in [2.75, 3.05) is 5.73 Å². The summed E-state index contributed by atoms with van der Waals surface area (Å²) in [6, 6.07) is 7.48. The van der Waals surface area contributed by atoms with Crippen molar-refractivity contribution in [1.82, 2.24) is 10.1 Å². The summed E-state index contributed by atoms with van der Waals surface area (Å²) in [4.78, 5) is 4.33. The van der Waals surface area contributed by atoms with Crippen molar-refractivity contribution in [3.8, 4) is 11.5 Å². The van der Waals surface area contributed by atoms with Crippen LogP contribution in [0.3, 0.4) is 0 Å². The van der Waals surface area contributed by atoms with E-state index in [1.54, 1.807) is 11.8 Å². The van der Waals surface area contributed by atoms with Crippen LogP contribution < -0.4 is 5.73 Å². The van der Waals surface area contributed by atoms with Crippen LogP contribution in [0.1, 0.15) is 19.7 Å². The van der Waals surface area contributed by atoms with Crippen molar-refractivity contribution in [3.05, 3.63) is 30.1 Å². The van der Waals surface area contributed by atoms with Gasteiger partial charge in [-0.15, -0.1) is 0 Å². The standard InChI is InChI=1S/C12H15N3OS/c1-8(2)17-7-11-14-12(16-15-11)9-5-3-4-6-10(9)13/h3-6,8H,7,13H2,1-2H3. The molecule has 0 aliphatic carbocycles. The van der Waals surface area contributed by atoms with Gasteiger partial charge in [-0.2, -0.15) is 16.7 Å². The van der Waals surface area contributed by atoms with E-state index >= 15 is 0 Å². The molecule has 2 rings (SSSR count). The smallest absolute Gasteiger partial charge is 0.260 e. The van der Waals surface area contributed by atoms with Crippen molar-refractivity contribution in [1.29, 1.82) is 0 Å². The van der Waals surface area contributed by atoms with Gasteiger partial charge >= 0.3 is 0 Å². The first-order valence-electron chi connectivity index (χ1n) is 5.46. The van der Waals surface area contributed by atoms with Gasteiger partial charge in [-0.1, -0.05) is 31.1 Å². The highest BCUT2D eigenvalue weighted by atomic mass is 32.2. The quantitative estimate of drug-likeness (QED) is 0.844. The molecular formula is C12H15N3OS. The molecule has 4 nitrogen and oxygen atoms in total. The van der Waals surface area contributed by atoms with E-state index in [4.69, 9.17) is 10.3 Å². The molecular weight excluding hydrogens is 234 g/mol. The fourth-order valence-electron chi connectivity index (χ4n) is 1.35. The van der Waals surface area contributed by atoms with Gasteiger partial charge in [0.25, 0.3) is 5.89 Å². The van der Waals surface area contributed by atoms with Gasteiger partial charge in [0.15, 0.2) is 5.82 Å². The van der Waals surface area contributed by atoms with E-state index in [1.807, 2.05) is 24.3 Å². The summed E-state index contributed by atoms with van der Waals surface area (Å²) in [6.07, 6.45) is 0. The van der Waals surface area contributed by atoms with Crippen LogP contribution in [0, 0.1) is 0 Å². The molecule has 0 fully saturated rings. The fraction of sp³-hybridized carbons (Fsp3) is 0.333. The molecule has 1 aromatic carbocycles. The second kappa shape index (κ2) is 5.23. The van der Waals surface area contributed by atoms with Gasteiger partial charge in [0.1, 0.15) is 0 Å². The number of benzene rings is 1. The second-order valence-corrected chi connectivity index (χ2v) is 5.53. The molecule has 0 saturated heterocycles. The third-order valence-electron chi connectivity index (χ3n) is 2.21. The molecule has 0 unspecified atom stereocenters. The summed E-state index contributed by atoms with van der Waals surface area (Å²) in [5, 5.41) is 4.50. The molecule has 0 aliphatic heterocycles. The molecule has 17 heavy (non-hydrogen) atoms. The van der Waals surface area contributed by atoms with Gasteiger partial charge in [0.2, 0.25) is 0 Å². The van der Waals surface area contributed by atoms with E-state index in [-0.39, 0.29) is 0 Å². The van der Waals surface area contributed by atoms with Crippen molar-refractivity contribution in [2.24, 2.45) is 0 Å². The molecule has 5 heteroatoms. The Hall–Kier alpha value is -1.49. The Morgan fingerprint density at radius 2 is 2.12 bits per heavy atom. The Bertz CT molecular complexity index is 496. The monoisotopic (exact) mass is 249 g/mol. The average Bonchev–Trinajstić information content (AvgIpc) is 2.75. The van der Waals surface area contributed by atoms with Gasteiger partial charge in [-0.25, -0.2) is 0 Å². The Morgan fingerprint density at radius 3 is 2.82 bits per heavy atom. The average molecular weight is 249 g/mol. The number of hydrogen-bond donors (Lipinski definition) is 1. The summed E-state index contributed by atoms with van der Waals surface area (Å²) in [6.45, 7) is 4.28. The van der Waals surface area contributed by atoms with E-state index in [2.05, 4.69) is 24.0 Å². The zero-order valence-electron chi connectivity index (χ0n) is 9.88. The lowest BCUT2D eigenvalue weighted by Crippen LogP contribution is -1.91. The topological polar surface area (TPSA) is 64.9 Å². The van der Waals surface area contributed by atoms with Gasteiger partial charge < -0.3 is 10.3 Å². The number of aromatic nitrogens is 2. The van der Waals surface area contributed by atoms with E-state index in [1.165, 1.54) is 0 Å². The number of nitrogen functional groups attached to an aromatic ring is 1. The van der Waals surface area contributed by atoms with Gasteiger partial charge in [-0.3, -0.25) is 0 Å². The SMILES string of the molecule is CC(C)SCc1noc(-c2ccccc2N)n1. The summed E-state index contributed by atoms with van der Waals surface area (Å²) in [7, 11) is 0. The Labute approximate surface area is 105 Å². The maximum atomic E-state index is 5.85. The molecule has 0 bridgehead atoms. The van der Waals surface area contributed by atoms with E-state index < -0.39 is 0 Å². The third kappa shape index (κ3) is 3.00. The minimum atomic E-state index is 0.488. The molecule has 90 valence electrons. The van der Waals surface area contributed by atoms with Gasteiger partial charge in [0, 0.05) is 5.69 Å². The van der Waals surface area contributed by atoms with E-state index in [0.29, 0.717) is 22.7 Å². The molecule has 0 amide bonds. The molecule has 0 atom stereocenters. The predicted molar refractivity (Wildman–Crippen MR) is 70.6 cm³/mol. The van der Waals surface area contributed by atoms with Crippen molar-refractivity contribution in [3.63, 3.8) is 0 Å². The molecule has 2 aromatic rings. The van der Waals surface area contributed by atoms with Crippen LogP contribution in [0.15, 0.2) is 28.8 Å². The Kier molecular flexibility index (Phi) is 3.68. The fourth-order valence-corrected chi connectivity index (χ4v) is 1.95. The second-order valence-electron chi connectivity index (χ2n) is 3.96. The van der Waals surface area contributed by atoms with Crippen LogP contribution in [0.5, 0.6) is 0 Å². The van der Waals surface area contributed by atoms with E-state index in [0.717, 1.165) is 11.3 Å². The highest BCUT2D eigenvalue weighted by Gasteiger charge is 2.11. The molecule has 0 saturated carbocycles. The summed E-state index contributed by atoms with van der Waals surface area (Å²) < 4.78 is 5.21. The lowest BCUT2D eigenvalue weighted by Gasteiger charge is -1.99. The van der Waals surface area contributed by atoms with Gasteiger partial charge in [-0.05, 0) is 17.4 Å². The van der Waals surface area contributed by atoms with Crippen LogP contribution >= 0.6 is 11.8 Å². The van der Waals surface area contributed by atoms with Crippen molar-refractivity contribution < 1.29 is 4.52 Å². The highest BCUT2D eigenvalue weighted by molar-refractivity contribution is 7.99. The minimum Gasteiger partial charge on any atom is -0.398 e. The zero-order valence-corrected chi connectivity index (χ0v) is 10.7. The van der Waals surface area contributed by atoms with Crippen molar-refractivity contribution in [2.45, 2.75) is 24.9 Å². The molecule has 0 radical (unpaired) electrons. The van der Waals surface area contributed by atoms with E-state index in [9.17, 15) is 0 Å². The maximum Gasteiger partial charge on any atom is 0.260 e. The van der Waals surface area contributed by atoms with Crippen LogP contribution in [0.4, 0.5) is 5.69 Å². The first-order chi connectivity index (χ1) is 8.16. The number of anilines is 1. The normalized spacial score (nSPS) is 11.0. The predicted octanol–water partition coefficient (Wildman–Crippen LogP) is 2.96. The Balaban J connectivity index is 2.16. The van der Waals surface area contributed by atoms with Gasteiger partial charge in [0.05, 0.1) is 11.3 Å². The number of para-hydroxylation sites is 1. The third-order valence-corrected chi connectivity index (χ3v) is 3.30. The summed E-state index contributed by atoms with van der Waals surface area (Å²) in [5.74, 6) is 1.96. The van der Waals surface area contributed by atoms with Crippen LogP contribution in [-0.4, -0.2) is 15.4 Å². The molecule has 0 spiro atoms.